The Hall–Kier alpha value is -0.761. The second-order valence-electron chi connectivity index (χ2n) is 3.66. The van der Waals surface area contributed by atoms with Crippen molar-refractivity contribution in [1.82, 2.24) is 10.9 Å². The van der Waals surface area contributed by atoms with Crippen molar-refractivity contribution in [3.8, 4) is 0 Å². The molecule has 0 rings (SSSR count). The second kappa shape index (κ2) is 12.3. The Morgan fingerprint density at radius 2 is 1.58 bits per heavy atom. The number of hydrogen-bond acceptors (Lipinski definition) is 4. The zero-order valence-corrected chi connectivity index (χ0v) is 13.6. The Kier molecular flexibility index (Phi) is 13.3. The molecular weight excluding hydrogens is 332 g/mol. The summed E-state index contributed by atoms with van der Waals surface area (Å²) < 4.78 is 0. The van der Waals surface area contributed by atoms with E-state index < -0.39 is 0 Å². The Morgan fingerprint density at radius 3 is 2.05 bits per heavy atom. The Morgan fingerprint density at radius 1 is 1.05 bits per heavy atom. The topological polar surface area (TPSA) is 101 Å². The van der Waals surface area contributed by atoms with E-state index in [2.05, 4.69) is 40.2 Å². The summed E-state index contributed by atoms with van der Waals surface area (Å²) in [4.78, 5) is 0. The van der Waals surface area contributed by atoms with Gasteiger partial charge in [-0.3, -0.25) is 10.9 Å². The first-order valence-electron chi connectivity index (χ1n) is 5.69. The molecule has 0 bridgehead atoms. The molecule has 0 aromatic carbocycles. The van der Waals surface area contributed by atoms with Gasteiger partial charge in [0, 0.05) is 17.1 Å². The summed E-state index contributed by atoms with van der Waals surface area (Å²) in [6, 6.07) is 0. The van der Waals surface area contributed by atoms with Gasteiger partial charge in [-0.05, 0) is 44.2 Å². The zero-order chi connectivity index (χ0) is 14.0. The molecule has 6 N–H and O–H groups in total. The van der Waals surface area contributed by atoms with E-state index in [1.54, 1.807) is 0 Å². The summed E-state index contributed by atoms with van der Waals surface area (Å²) >= 11 is 9.38. The van der Waals surface area contributed by atoms with Crippen LogP contribution in [0.15, 0.2) is 10.2 Å². The number of unbranched alkanes of at least 4 members (excludes halogenated alkanes) is 2. The first-order valence-corrected chi connectivity index (χ1v) is 6.51. The van der Waals surface area contributed by atoms with Gasteiger partial charge in [-0.2, -0.15) is 10.2 Å². The van der Waals surface area contributed by atoms with Crippen molar-refractivity contribution in [2.45, 2.75) is 39.5 Å². The molecule has 9 heteroatoms. The van der Waals surface area contributed by atoms with E-state index in [0.29, 0.717) is 5.71 Å². The van der Waals surface area contributed by atoms with E-state index >= 15 is 0 Å². The van der Waals surface area contributed by atoms with Crippen molar-refractivity contribution in [3.05, 3.63) is 0 Å². The quantitative estimate of drug-likeness (QED) is 0.179. The van der Waals surface area contributed by atoms with Gasteiger partial charge in [-0.15, -0.1) is 0 Å². The van der Waals surface area contributed by atoms with Crippen molar-refractivity contribution in [2.24, 2.45) is 21.7 Å². The maximum atomic E-state index is 5.33. The minimum atomic E-state index is 0. The molecule has 0 unspecified atom stereocenters. The van der Waals surface area contributed by atoms with Crippen LogP contribution in [0.1, 0.15) is 39.5 Å². The van der Waals surface area contributed by atoms with Gasteiger partial charge in [-0.25, -0.2) is 0 Å². The smallest absolute Gasteiger partial charge is 0.184 e. The van der Waals surface area contributed by atoms with Crippen molar-refractivity contribution >= 4 is 46.1 Å². The Labute approximate surface area is 135 Å². The van der Waals surface area contributed by atoms with Crippen molar-refractivity contribution in [3.63, 3.8) is 0 Å². The Balaban J connectivity index is 0. The third-order valence-electron chi connectivity index (χ3n) is 2.07. The average Bonchev–Trinajstić information content (AvgIpc) is 2.30. The molecule has 0 aliphatic carbocycles. The molecule has 0 aliphatic rings. The standard InChI is InChI=1S/C10H20N6S2.Cu/c1-3-4-5-6-8(14-16-10(12)18)7(2)13-15-9(11)17;/h3-6H2,1-2H3,(H3,11,15,17)(H3,12,16,18);. The molecule has 0 heterocycles. The van der Waals surface area contributed by atoms with Crippen molar-refractivity contribution in [2.75, 3.05) is 0 Å². The summed E-state index contributed by atoms with van der Waals surface area (Å²) in [7, 11) is 0. The van der Waals surface area contributed by atoms with Gasteiger partial charge in [0.15, 0.2) is 10.2 Å². The fourth-order valence-electron chi connectivity index (χ4n) is 1.19. The molecule has 113 valence electrons. The third-order valence-corrected chi connectivity index (χ3v) is 2.25. The van der Waals surface area contributed by atoms with E-state index in [1.807, 2.05) is 6.92 Å². The van der Waals surface area contributed by atoms with E-state index in [9.17, 15) is 0 Å². The van der Waals surface area contributed by atoms with E-state index in [-0.39, 0.29) is 27.3 Å². The van der Waals surface area contributed by atoms with Crippen LogP contribution >= 0.6 is 24.4 Å². The van der Waals surface area contributed by atoms with Crippen LogP contribution in [0, 0.1) is 0 Å². The van der Waals surface area contributed by atoms with Crippen LogP contribution in [0.25, 0.3) is 0 Å². The molecule has 0 aromatic rings. The molecule has 6 nitrogen and oxygen atoms in total. The van der Waals surface area contributed by atoms with Crippen LogP contribution in [-0.2, 0) is 17.1 Å². The van der Waals surface area contributed by atoms with Crippen LogP contribution in [0.5, 0.6) is 0 Å². The van der Waals surface area contributed by atoms with Crippen LogP contribution in [0.3, 0.4) is 0 Å². The summed E-state index contributed by atoms with van der Waals surface area (Å²) in [6.45, 7) is 3.96. The number of hydrogen-bond donors (Lipinski definition) is 4. The summed E-state index contributed by atoms with van der Waals surface area (Å²) in [5.74, 6) is 0. The first kappa shape index (κ1) is 20.6. The maximum absolute atomic E-state index is 5.33. The maximum Gasteiger partial charge on any atom is 0.184 e. The van der Waals surface area contributed by atoms with E-state index in [4.69, 9.17) is 23.7 Å². The van der Waals surface area contributed by atoms with Crippen LogP contribution in [0.4, 0.5) is 0 Å². The molecule has 0 saturated heterocycles. The number of rotatable bonds is 7. The average molecular weight is 352 g/mol. The van der Waals surface area contributed by atoms with Gasteiger partial charge < -0.3 is 11.5 Å². The predicted molar refractivity (Wildman–Crippen MR) is 84.5 cm³/mol. The predicted octanol–water partition coefficient (Wildman–Crippen LogP) is 0.963. The van der Waals surface area contributed by atoms with Gasteiger partial charge in [0.2, 0.25) is 0 Å². The van der Waals surface area contributed by atoms with Gasteiger partial charge in [-0.1, -0.05) is 19.8 Å². The minimum absolute atomic E-state index is 0. The number of thiocarbonyl (C=S) groups is 2. The molecule has 0 fully saturated rings. The van der Waals surface area contributed by atoms with Gasteiger partial charge in [0.25, 0.3) is 0 Å². The SMILES string of the molecule is CCCCCC(=NNC(N)=S)C(C)=NNC(N)=S.[Cu]. The van der Waals surface area contributed by atoms with Crippen LogP contribution in [-0.4, -0.2) is 21.6 Å². The molecule has 0 amide bonds. The van der Waals surface area contributed by atoms with Gasteiger partial charge in [0.05, 0.1) is 11.4 Å². The number of nitrogens with one attached hydrogen (secondary N) is 2. The number of nitrogens with zero attached hydrogens (tertiary/aromatic N) is 2. The molecule has 0 saturated carbocycles. The Bertz CT molecular complexity index is 356. The molecular formula is C10H20CuN6S2. The van der Waals surface area contributed by atoms with Gasteiger partial charge in [0.1, 0.15) is 0 Å². The fourth-order valence-corrected chi connectivity index (χ4v) is 1.28. The number of nitrogens with two attached hydrogens (primary N) is 2. The molecule has 0 aliphatic heterocycles. The monoisotopic (exact) mass is 351 g/mol. The summed E-state index contributed by atoms with van der Waals surface area (Å²) in [5, 5.41) is 8.38. The first-order chi connectivity index (χ1) is 8.47. The van der Waals surface area contributed by atoms with E-state index in [1.165, 1.54) is 0 Å². The van der Waals surface area contributed by atoms with Crippen molar-refractivity contribution in [1.29, 1.82) is 0 Å². The van der Waals surface area contributed by atoms with Crippen molar-refractivity contribution < 1.29 is 17.1 Å². The number of hydrazone groups is 2. The molecule has 0 spiro atoms. The molecule has 19 heavy (non-hydrogen) atoms. The molecule has 0 aromatic heterocycles. The van der Waals surface area contributed by atoms with Crippen LogP contribution in [0.2, 0.25) is 0 Å². The molecule has 0 atom stereocenters. The zero-order valence-electron chi connectivity index (χ0n) is 11.0. The summed E-state index contributed by atoms with van der Waals surface area (Å²) in [5.41, 5.74) is 17.2. The largest absolute Gasteiger partial charge is 0.375 e. The minimum Gasteiger partial charge on any atom is -0.375 e. The third kappa shape index (κ3) is 12.0. The molecule has 1 radical (unpaired) electrons. The van der Waals surface area contributed by atoms with Gasteiger partial charge >= 0.3 is 0 Å². The van der Waals surface area contributed by atoms with Crippen LogP contribution < -0.4 is 22.3 Å². The van der Waals surface area contributed by atoms with E-state index in [0.717, 1.165) is 31.4 Å². The second-order valence-corrected chi connectivity index (χ2v) is 4.54. The normalized spacial score (nSPS) is 11.5. The summed E-state index contributed by atoms with van der Waals surface area (Å²) in [6.07, 6.45) is 4.07. The fraction of sp³-hybridized carbons (Fsp3) is 0.600.